The molecule has 4 nitrogen and oxygen atoms in total. The number of carbonyl (C=O) groups is 1. The number of thioether (sulfide) groups is 1. The fraction of sp³-hybridized carbons (Fsp3) is 0.909. The fourth-order valence-electron chi connectivity index (χ4n) is 2.43. The smallest absolute Gasteiger partial charge is 0.323 e. The van der Waals surface area contributed by atoms with Crippen molar-refractivity contribution in [2.24, 2.45) is 0 Å². The van der Waals surface area contributed by atoms with Crippen LogP contribution in [0.2, 0.25) is 0 Å². The third-order valence-corrected chi connectivity index (χ3v) is 5.03. The minimum absolute atomic E-state index is 0.464. The Morgan fingerprint density at radius 3 is 2.75 bits per heavy atom. The second-order valence-corrected chi connectivity index (χ2v) is 6.26. The molecule has 1 saturated carbocycles. The van der Waals surface area contributed by atoms with Crippen LogP contribution in [-0.2, 0) is 9.53 Å². The molecule has 92 valence electrons. The van der Waals surface area contributed by atoms with Gasteiger partial charge in [-0.05, 0) is 32.7 Å². The lowest BCUT2D eigenvalue weighted by Gasteiger charge is -2.39. The molecule has 2 N–H and O–H groups in total. The summed E-state index contributed by atoms with van der Waals surface area (Å²) in [5.74, 6) is -0.704. The van der Waals surface area contributed by atoms with Gasteiger partial charge in [-0.15, -0.1) is 0 Å². The van der Waals surface area contributed by atoms with Gasteiger partial charge in [0.15, 0.2) is 0 Å². The van der Waals surface area contributed by atoms with E-state index in [-0.39, 0.29) is 0 Å². The van der Waals surface area contributed by atoms with Crippen LogP contribution in [0.1, 0.15) is 25.7 Å². The van der Waals surface area contributed by atoms with Crippen molar-refractivity contribution in [2.45, 2.75) is 41.7 Å². The highest BCUT2D eigenvalue weighted by atomic mass is 32.2. The number of rotatable bonds is 4. The third-order valence-electron chi connectivity index (χ3n) is 3.59. The van der Waals surface area contributed by atoms with Gasteiger partial charge in [0, 0.05) is 5.25 Å². The van der Waals surface area contributed by atoms with Crippen LogP contribution in [-0.4, -0.2) is 47.4 Å². The number of hydrogen-bond acceptors (Lipinski definition) is 4. The van der Waals surface area contributed by atoms with E-state index in [1.807, 2.05) is 11.8 Å². The molecule has 0 radical (unpaired) electrons. The van der Waals surface area contributed by atoms with Crippen molar-refractivity contribution in [3.8, 4) is 0 Å². The van der Waals surface area contributed by atoms with E-state index in [4.69, 9.17) is 4.74 Å². The van der Waals surface area contributed by atoms with E-state index in [0.717, 1.165) is 38.9 Å². The molecule has 1 saturated heterocycles. The Labute approximate surface area is 100 Å². The summed E-state index contributed by atoms with van der Waals surface area (Å²) in [5, 5.41) is 13.4. The molecular weight excluding hydrogens is 226 g/mol. The summed E-state index contributed by atoms with van der Waals surface area (Å²) in [6.07, 6.45) is 3.62. The first-order valence-electron chi connectivity index (χ1n) is 5.82. The zero-order chi connectivity index (χ0) is 11.6. The summed E-state index contributed by atoms with van der Waals surface area (Å²) < 4.78 is 5.15. The summed E-state index contributed by atoms with van der Waals surface area (Å²) in [5.41, 5.74) is -0.694. The van der Waals surface area contributed by atoms with Crippen molar-refractivity contribution in [3.05, 3.63) is 0 Å². The molecule has 1 aliphatic carbocycles. The Bertz CT molecular complexity index is 270. The zero-order valence-corrected chi connectivity index (χ0v) is 10.4. The van der Waals surface area contributed by atoms with Gasteiger partial charge in [0.25, 0.3) is 0 Å². The van der Waals surface area contributed by atoms with Gasteiger partial charge < -0.3 is 15.2 Å². The highest BCUT2D eigenvalue weighted by Crippen LogP contribution is 2.38. The number of ether oxygens (including phenoxy) is 1. The molecule has 0 aromatic carbocycles. The van der Waals surface area contributed by atoms with Crippen molar-refractivity contribution in [1.82, 2.24) is 5.32 Å². The largest absolute Gasteiger partial charge is 0.480 e. The molecule has 2 unspecified atom stereocenters. The van der Waals surface area contributed by atoms with Crippen molar-refractivity contribution < 1.29 is 14.6 Å². The lowest BCUT2D eigenvalue weighted by Crippen LogP contribution is -2.54. The molecule has 2 atom stereocenters. The molecular formula is C11H19NO3S. The van der Waals surface area contributed by atoms with Gasteiger partial charge in [-0.1, -0.05) is 0 Å². The van der Waals surface area contributed by atoms with Crippen molar-refractivity contribution in [1.29, 1.82) is 0 Å². The molecule has 0 spiro atoms. The summed E-state index contributed by atoms with van der Waals surface area (Å²) in [6.45, 7) is 1.67. The van der Waals surface area contributed by atoms with Crippen molar-refractivity contribution in [2.75, 3.05) is 20.3 Å². The maximum Gasteiger partial charge on any atom is 0.323 e. The molecule has 2 rings (SSSR count). The van der Waals surface area contributed by atoms with E-state index in [2.05, 4.69) is 5.32 Å². The Morgan fingerprint density at radius 1 is 1.50 bits per heavy atom. The van der Waals surface area contributed by atoms with Gasteiger partial charge in [-0.2, -0.15) is 11.8 Å². The van der Waals surface area contributed by atoms with Gasteiger partial charge in [-0.3, -0.25) is 4.79 Å². The monoisotopic (exact) mass is 245 g/mol. The average molecular weight is 245 g/mol. The summed E-state index contributed by atoms with van der Waals surface area (Å²) in [6, 6.07) is 0. The molecule has 1 heterocycles. The molecule has 2 fully saturated rings. The first kappa shape index (κ1) is 12.2. The van der Waals surface area contributed by atoms with Gasteiger partial charge in [0.05, 0.1) is 18.5 Å². The van der Waals surface area contributed by atoms with Crippen LogP contribution >= 0.6 is 11.8 Å². The lowest BCUT2D eigenvalue weighted by molar-refractivity contribution is -0.146. The Morgan fingerprint density at radius 2 is 2.25 bits per heavy atom. The van der Waals surface area contributed by atoms with Crippen LogP contribution in [0.5, 0.6) is 0 Å². The topological polar surface area (TPSA) is 58.6 Å². The Balaban J connectivity index is 1.93. The summed E-state index contributed by atoms with van der Waals surface area (Å²) in [4.78, 5) is 11.3. The van der Waals surface area contributed by atoms with E-state index in [1.54, 1.807) is 7.05 Å². The van der Waals surface area contributed by atoms with E-state index in [0.29, 0.717) is 10.5 Å². The normalized spacial score (nSPS) is 35.7. The van der Waals surface area contributed by atoms with Crippen LogP contribution in [0.3, 0.4) is 0 Å². The number of hydrogen-bond donors (Lipinski definition) is 2. The second-order valence-electron chi connectivity index (χ2n) is 4.65. The highest BCUT2D eigenvalue weighted by molar-refractivity contribution is 8.00. The van der Waals surface area contributed by atoms with Crippen LogP contribution in [0.15, 0.2) is 0 Å². The van der Waals surface area contributed by atoms with E-state index in [9.17, 15) is 9.90 Å². The minimum Gasteiger partial charge on any atom is -0.480 e. The molecule has 0 aromatic rings. The van der Waals surface area contributed by atoms with Crippen LogP contribution < -0.4 is 5.32 Å². The molecule has 0 aromatic heterocycles. The number of carboxylic acids is 1. The van der Waals surface area contributed by atoms with E-state index in [1.165, 1.54) is 0 Å². The number of aliphatic carboxylic acids is 1. The van der Waals surface area contributed by atoms with Crippen LogP contribution in [0.25, 0.3) is 0 Å². The van der Waals surface area contributed by atoms with E-state index >= 15 is 0 Å². The predicted octanol–water partition coefficient (Wildman–Crippen LogP) is 1.10. The van der Waals surface area contributed by atoms with Gasteiger partial charge in [-0.25, -0.2) is 0 Å². The quantitative estimate of drug-likeness (QED) is 0.777. The highest BCUT2D eigenvalue weighted by Gasteiger charge is 2.42. The summed E-state index contributed by atoms with van der Waals surface area (Å²) in [7, 11) is 1.76. The molecule has 2 aliphatic rings. The maximum atomic E-state index is 11.3. The SMILES string of the molecule is CNC1(C(=O)O)CCCC(SC2COC2)C1. The molecule has 0 amide bonds. The maximum absolute atomic E-state index is 11.3. The average Bonchev–Trinajstić information content (AvgIpc) is 2.23. The van der Waals surface area contributed by atoms with Crippen LogP contribution in [0.4, 0.5) is 0 Å². The predicted molar refractivity (Wildman–Crippen MR) is 63.9 cm³/mol. The Hall–Kier alpha value is -0.260. The third kappa shape index (κ3) is 2.36. The number of nitrogens with one attached hydrogen (secondary N) is 1. The van der Waals surface area contributed by atoms with Gasteiger partial charge >= 0.3 is 5.97 Å². The van der Waals surface area contributed by atoms with Crippen LogP contribution in [0, 0.1) is 0 Å². The first-order valence-corrected chi connectivity index (χ1v) is 6.76. The molecule has 16 heavy (non-hydrogen) atoms. The van der Waals surface area contributed by atoms with Crippen molar-refractivity contribution in [3.63, 3.8) is 0 Å². The zero-order valence-electron chi connectivity index (χ0n) is 9.57. The fourth-order valence-corrected chi connectivity index (χ4v) is 4.01. The van der Waals surface area contributed by atoms with E-state index < -0.39 is 11.5 Å². The summed E-state index contributed by atoms with van der Waals surface area (Å²) >= 11 is 1.91. The molecule has 0 bridgehead atoms. The minimum atomic E-state index is -0.704. The van der Waals surface area contributed by atoms with Gasteiger partial charge in [0.1, 0.15) is 5.54 Å². The second kappa shape index (κ2) is 4.94. The molecule has 5 heteroatoms. The van der Waals surface area contributed by atoms with Gasteiger partial charge in [0.2, 0.25) is 0 Å². The first-order chi connectivity index (χ1) is 7.66. The van der Waals surface area contributed by atoms with Crippen molar-refractivity contribution >= 4 is 17.7 Å². The number of likely N-dealkylation sites (N-methyl/N-ethyl adjacent to an activating group) is 1. The lowest BCUT2D eigenvalue weighted by atomic mass is 9.81. The standard InChI is InChI=1S/C11H19NO3S/c1-12-11(10(13)14)4-2-3-8(5-11)16-9-6-15-7-9/h8-9,12H,2-7H2,1H3,(H,13,14). The Kier molecular flexibility index (Phi) is 3.77. The number of carboxylic acid groups (broad SMARTS) is 1. The molecule has 1 aliphatic heterocycles.